The standard InChI is InChI=1S/C14H14N2O3/c1-9-6-13(10(2)19-9)14(18)16-15-8-11-4-3-5-12(17)7-11/h3-8,17H,1-2H3,(H,16,18)/b15-8+. The average Bonchev–Trinajstić information content (AvgIpc) is 2.68. The second-order valence-corrected chi connectivity index (χ2v) is 4.12. The molecule has 1 aromatic heterocycles. The van der Waals surface area contributed by atoms with Crippen molar-refractivity contribution in [1.29, 1.82) is 0 Å². The fourth-order valence-electron chi connectivity index (χ4n) is 1.69. The first-order chi connectivity index (χ1) is 9.06. The molecule has 0 saturated heterocycles. The topological polar surface area (TPSA) is 74.8 Å². The van der Waals surface area contributed by atoms with Gasteiger partial charge in [0.2, 0.25) is 0 Å². The molecule has 2 N–H and O–H groups in total. The quantitative estimate of drug-likeness (QED) is 0.655. The number of phenols is 1. The molecule has 2 aromatic rings. The Morgan fingerprint density at radius 1 is 1.37 bits per heavy atom. The van der Waals surface area contributed by atoms with E-state index in [0.29, 0.717) is 22.6 Å². The lowest BCUT2D eigenvalue weighted by molar-refractivity contribution is 0.0953. The van der Waals surface area contributed by atoms with Gasteiger partial charge in [-0.15, -0.1) is 0 Å². The van der Waals surface area contributed by atoms with Crippen LogP contribution in [0.2, 0.25) is 0 Å². The molecule has 0 aliphatic rings. The zero-order chi connectivity index (χ0) is 13.8. The van der Waals surface area contributed by atoms with E-state index in [1.807, 2.05) is 0 Å². The van der Waals surface area contributed by atoms with Gasteiger partial charge in [-0.2, -0.15) is 5.10 Å². The van der Waals surface area contributed by atoms with Crippen LogP contribution in [0.15, 0.2) is 39.9 Å². The van der Waals surface area contributed by atoms with E-state index in [1.54, 1.807) is 44.2 Å². The first-order valence-electron chi connectivity index (χ1n) is 5.76. The zero-order valence-corrected chi connectivity index (χ0v) is 10.7. The van der Waals surface area contributed by atoms with Crippen molar-refractivity contribution >= 4 is 12.1 Å². The number of amides is 1. The van der Waals surface area contributed by atoms with Crippen molar-refractivity contribution in [2.24, 2.45) is 5.10 Å². The maximum Gasteiger partial charge on any atom is 0.274 e. The van der Waals surface area contributed by atoms with Crippen molar-refractivity contribution in [1.82, 2.24) is 5.43 Å². The van der Waals surface area contributed by atoms with E-state index in [1.165, 1.54) is 6.21 Å². The Balaban J connectivity index is 2.03. The third-order valence-corrected chi connectivity index (χ3v) is 2.54. The normalized spacial score (nSPS) is 10.8. The van der Waals surface area contributed by atoms with Gasteiger partial charge in [0.1, 0.15) is 17.3 Å². The van der Waals surface area contributed by atoms with Crippen LogP contribution >= 0.6 is 0 Å². The molecule has 98 valence electrons. The molecule has 0 aliphatic heterocycles. The van der Waals surface area contributed by atoms with E-state index in [-0.39, 0.29) is 11.7 Å². The number of aromatic hydroxyl groups is 1. The monoisotopic (exact) mass is 258 g/mol. The summed E-state index contributed by atoms with van der Waals surface area (Å²) in [5.74, 6) is 1.06. The number of furan rings is 1. The van der Waals surface area contributed by atoms with Crippen LogP contribution in [0.4, 0.5) is 0 Å². The van der Waals surface area contributed by atoms with Gasteiger partial charge in [0.15, 0.2) is 0 Å². The number of carbonyl (C=O) groups excluding carboxylic acids is 1. The highest BCUT2D eigenvalue weighted by Gasteiger charge is 2.12. The van der Waals surface area contributed by atoms with Crippen LogP contribution in [-0.4, -0.2) is 17.2 Å². The first-order valence-corrected chi connectivity index (χ1v) is 5.76. The van der Waals surface area contributed by atoms with E-state index in [0.717, 1.165) is 0 Å². The second-order valence-electron chi connectivity index (χ2n) is 4.12. The first kappa shape index (κ1) is 12.9. The Kier molecular flexibility index (Phi) is 3.66. The molecule has 0 atom stereocenters. The fourth-order valence-corrected chi connectivity index (χ4v) is 1.69. The summed E-state index contributed by atoms with van der Waals surface area (Å²) in [7, 11) is 0. The summed E-state index contributed by atoms with van der Waals surface area (Å²) < 4.78 is 5.27. The summed E-state index contributed by atoms with van der Waals surface area (Å²) in [6.07, 6.45) is 1.46. The molecule has 0 unspecified atom stereocenters. The summed E-state index contributed by atoms with van der Waals surface area (Å²) in [4.78, 5) is 11.8. The summed E-state index contributed by atoms with van der Waals surface area (Å²) in [5.41, 5.74) is 3.57. The third-order valence-electron chi connectivity index (χ3n) is 2.54. The number of nitrogens with zero attached hydrogens (tertiary/aromatic N) is 1. The molecule has 0 saturated carbocycles. The summed E-state index contributed by atoms with van der Waals surface area (Å²) in [6, 6.07) is 8.23. The van der Waals surface area contributed by atoms with Gasteiger partial charge in [-0.05, 0) is 37.6 Å². The number of aryl methyl sites for hydroxylation is 2. The van der Waals surface area contributed by atoms with Gasteiger partial charge < -0.3 is 9.52 Å². The maximum absolute atomic E-state index is 11.8. The van der Waals surface area contributed by atoms with Crippen LogP contribution in [0.1, 0.15) is 27.4 Å². The number of nitrogens with one attached hydrogen (secondary N) is 1. The lowest BCUT2D eigenvalue weighted by atomic mass is 10.2. The van der Waals surface area contributed by atoms with E-state index in [4.69, 9.17) is 4.42 Å². The molecule has 2 rings (SSSR count). The number of phenolic OH excluding ortho intramolecular Hbond substituents is 1. The molecule has 0 fully saturated rings. The fraction of sp³-hybridized carbons (Fsp3) is 0.143. The largest absolute Gasteiger partial charge is 0.508 e. The molecular weight excluding hydrogens is 244 g/mol. The van der Waals surface area contributed by atoms with Gasteiger partial charge in [0.05, 0.1) is 11.8 Å². The van der Waals surface area contributed by atoms with Gasteiger partial charge in [-0.1, -0.05) is 12.1 Å². The van der Waals surface area contributed by atoms with Gasteiger partial charge in [-0.3, -0.25) is 4.79 Å². The van der Waals surface area contributed by atoms with Gasteiger partial charge in [-0.25, -0.2) is 5.43 Å². The van der Waals surface area contributed by atoms with Crippen molar-refractivity contribution in [2.75, 3.05) is 0 Å². The molecule has 19 heavy (non-hydrogen) atoms. The molecule has 0 bridgehead atoms. The van der Waals surface area contributed by atoms with E-state index in [2.05, 4.69) is 10.5 Å². The highest BCUT2D eigenvalue weighted by Crippen LogP contribution is 2.13. The highest BCUT2D eigenvalue weighted by atomic mass is 16.3. The van der Waals surface area contributed by atoms with E-state index >= 15 is 0 Å². The Morgan fingerprint density at radius 2 is 2.16 bits per heavy atom. The highest BCUT2D eigenvalue weighted by molar-refractivity contribution is 5.95. The number of benzene rings is 1. The van der Waals surface area contributed by atoms with E-state index < -0.39 is 0 Å². The predicted molar refractivity (Wildman–Crippen MR) is 71.3 cm³/mol. The molecule has 1 aromatic carbocycles. The molecule has 0 radical (unpaired) electrons. The Morgan fingerprint density at radius 3 is 2.79 bits per heavy atom. The van der Waals surface area contributed by atoms with Crippen LogP contribution in [0.3, 0.4) is 0 Å². The molecular formula is C14H14N2O3. The van der Waals surface area contributed by atoms with Crippen molar-refractivity contribution in [3.8, 4) is 5.75 Å². The van der Waals surface area contributed by atoms with Crippen LogP contribution in [0.25, 0.3) is 0 Å². The van der Waals surface area contributed by atoms with E-state index in [9.17, 15) is 9.90 Å². The summed E-state index contributed by atoms with van der Waals surface area (Å²) in [6.45, 7) is 3.50. The lowest BCUT2D eigenvalue weighted by Gasteiger charge is -1.97. The van der Waals surface area contributed by atoms with Crippen LogP contribution in [0, 0.1) is 13.8 Å². The number of rotatable bonds is 3. The smallest absolute Gasteiger partial charge is 0.274 e. The Hall–Kier alpha value is -2.56. The molecule has 0 spiro atoms. The predicted octanol–water partition coefficient (Wildman–Crippen LogP) is 2.37. The second kappa shape index (κ2) is 5.39. The maximum atomic E-state index is 11.8. The Labute approximate surface area is 110 Å². The summed E-state index contributed by atoms with van der Waals surface area (Å²) >= 11 is 0. The molecule has 5 heteroatoms. The number of hydrazone groups is 1. The SMILES string of the molecule is Cc1cc(C(=O)N/N=C/c2cccc(O)c2)c(C)o1. The molecule has 5 nitrogen and oxygen atoms in total. The summed E-state index contributed by atoms with van der Waals surface area (Å²) in [5, 5.41) is 13.1. The third kappa shape index (κ3) is 3.22. The Bertz CT molecular complexity index is 629. The van der Waals surface area contributed by atoms with Crippen molar-refractivity contribution in [2.45, 2.75) is 13.8 Å². The van der Waals surface area contributed by atoms with Crippen molar-refractivity contribution < 1.29 is 14.3 Å². The zero-order valence-electron chi connectivity index (χ0n) is 10.7. The van der Waals surface area contributed by atoms with Gasteiger partial charge >= 0.3 is 0 Å². The molecule has 0 aliphatic carbocycles. The van der Waals surface area contributed by atoms with Gasteiger partial charge in [0, 0.05) is 0 Å². The minimum atomic E-state index is -0.328. The van der Waals surface area contributed by atoms with Crippen molar-refractivity contribution in [3.05, 3.63) is 53.0 Å². The number of hydrogen-bond donors (Lipinski definition) is 2. The minimum Gasteiger partial charge on any atom is -0.508 e. The molecule has 1 amide bonds. The van der Waals surface area contributed by atoms with Gasteiger partial charge in [0.25, 0.3) is 5.91 Å². The van der Waals surface area contributed by atoms with Crippen LogP contribution in [-0.2, 0) is 0 Å². The van der Waals surface area contributed by atoms with Crippen LogP contribution in [0.5, 0.6) is 5.75 Å². The number of hydrogen-bond acceptors (Lipinski definition) is 4. The minimum absolute atomic E-state index is 0.150. The van der Waals surface area contributed by atoms with Crippen LogP contribution < -0.4 is 5.43 Å². The number of carbonyl (C=O) groups is 1. The average molecular weight is 258 g/mol. The van der Waals surface area contributed by atoms with Crippen molar-refractivity contribution in [3.63, 3.8) is 0 Å². The molecule has 1 heterocycles. The lowest BCUT2D eigenvalue weighted by Crippen LogP contribution is -2.17.